The second-order valence-corrected chi connectivity index (χ2v) is 3.86. The molecule has 1 aromatic carbocycles. The summed E-state index contributed by atoms with van der Waals surface area (Å²) < 4.78 is 5.18. The summed E-state index contributed by atoms with van der Waals surface area (Å²) in [4.78, 5) is 0. The highest BCUT2D eigenvalue weighted by Crippen LogP contribution is 2.34. The largest absolute Gasteiger partial charge is 0.507 e. The molecule has 0 aliphatic rings. The fraction of sp³-hybridized carbons (Fsp3) is 0.500. The number of aromatic hydroxyl groups is 1. The summed E-state index contributed by atoms with van der Waals surface area (Å²) >= 11 is 0. The summed E-state index contributed by atoms with van der Waals surface area (Å²) in [5.41, 5.74) is 7.27. The van der Waals surface area contributed by atoms with Gasteiger partial charge < -0.3 is 15.6 Å². The van der Waals surface area contributed by atoms with Crippen LogP contribution in [0.1, 0.15) is 30.4 Å². The van der Waals surface area contributed by atoms with Crippen LogP contribution in [0.4, 0.5) is 0 Å². The standard InChI is InChI=1S/C12H19NO2/c1-8(4-5-13)11-7-10(15-3)6-9(2)12(11)14/h6-8,14H,4-5,13H2,1-3H3. The first-order valence-corrected chi connectivity index (χ1v) is 5.17. The molecule has 0 amide bonds. The lowest BCUT2D eigenvalue weighted by molar-refractivity contribution is 0.408. The third-order valence-electron chi connectivity index (χ3n) is 2.67. The molecular weight excluding hydrogens is 190 g/mol. The lowest BCUT2D eigenvalue weighted by atomic mass is 9.95. The van der Waals surface area contributed by atoms with Crippen LogP contribution in [0.15, 0.2) is 12.1 Å². The zero-order valence-corrected chi connectivity index (χ0v) is 9.58. The smallest absolute Gasteiger partial charge is 0.122 e. The molecule has 84 valence electrons. The van der Waals surface area contributed by atoms with E-state index >= 15 is 0 Å². The summed E-state index contributed by atoms with van der Waals surface area (Å²) in [6, 6.07) is 3.71. The first kappa shape index (κ1) is 11.9. The SMILES string of the molecule is COc1cc(C)c(O)c(C(C)CCN)c1. The Balaban J connectivity index is 3.09. The van der Waals surface area contributed by atoms with Crippen molar-refractivity contribution in [3.8, 4) is 11.5 Å². The Kier molecular flexibility index (Phi) is 3.97. The number of hydrogen-bond donors (Lipinski definition) is 2. The Morgan fingerprint density at radius 2 is 2.13 bits per heavy atom. The molecule has 3 heteroatoms. The van der Waals surface area contributed by atoms with Gasteiger partial charge in [0.1, 0.15) is 11.5 Å². The van der Waals surface area contributed by atoms with Crippen LogP contribution in [-0.4, -0.2) is 18.8 Å². The Labute approximate surface area is 90.9 Å². The number of phenolic OH excluding ortho intramolecular Hbond substituents is 1. The van der Waals surface area contributed by atoms with Crippen LogP contribution >= 0.6 is 0 Å². The number of aryl methyl sites for hydroxylation is 1. The van der Waals surface area contributed by atoms with Crippen molar-refractivity contribution in [2.75, 3.05) is 13.7 Å². The van der Waals surface area contributed by atoms with Gasteiger partial charge in [-0.05, 0) is 43.5 Å². The quantitative estimate of drug-likeness (QED) is 0.799. The van der Waals surface area contributed by atoms with Crippen molar-refractivity contribution in [2.45, 2.75) is 26.2 Å². The summed E-state index contributed by atoms with van der Waals surface area (Å²) in [5, 5.41) is 9.92. The Morgan fingerprint density at radius 1 is 1.47 bits per heavy atom. The number of phenols is 1. The minimum absolute atomic E-state index is 0.254. The van der Waals surface area contributed by atoms with E-state index in [9.17, 15) is 5.11 Å². The van der Waals surface area contributed by atoms with Crippen LogP contribution in [0, 0.1) is 6.92 Å². The molecule has 3 nitrogen and oxygen atoms in total. The minimum Gasteiger partial charge on any atom is -0.507 e. The van der Waals surface area contributed by atoms with Crippen molar-refractivity contribution in [3.63, 3.8) is 0 Å². The average molecular weight is 209 g/mol. The summed E-state index contributed by atoms with van der Waals surface area (Å²) in [6.45, 7) is 4.55. The van der Waals surface area contributed by atoms with Gasteiger partial charge in [-0.1, -0.05) is 6.92 Å². The highest BCUT2D eigenvalue weighted by Gasteiger charge is 2.13. The molecule has 1 unspecified atom stereocenters. The van der Waals surface area contributed by atoms with Crippen molar-refractivity contribution in [1.82, 2.24) is 0 Å². The highest BCUT2D eigenvalue weighted by molar-refractivity contribution is 5.47. The Bertz CT molecular complexity index is 337. The van der Waals surface area contributed by atoms with Gasteiger partial charge in [0.2, 0.25) is 0 Å². The van der Waals surface area contributed by atoms with E-state index in [0.29, 0.717) is 12.3 Å². The summed E-state index contributed by atoms with van der Waals surface area (Å²) in [6.07, 6.45) is 0.861. The highest BCUT2D eigenvalue weighted by atomic mass is 16.5. The molecule has 0 spiro atoms. The van der Waals surface area contributed by atoms with Gasteiger partial charge >= 0.3 is 0 Å². The molecular formula is C12H19NO2. The average Bonchev–Trinajstić information content (AvgIpc) is 2.22. The second kappa shape index (κ2) is 5.03. The normalized spacial score (nSPS) is 12.5. The zero-order chi connectivity index (χ0) is 11.4. The van der Waals surface area contributed by atoms with E-state index in [1.807, 2.05) is 19.1 Å². The second-order valence-electron chi connectivity index (χ2n) is 3.86. The van der Waals surface area contributed by atoms with Gasteiger partial charge in [0.25, 0.3) is 0 Å². The maximum atomic E-state index is 9.92. The molecule has 0 fully saturated rings. The monoisotopic (exact) mass is 209 g/mol. The molecule has 0 bridgehead atoms. The maximum absolute atomic E-state index is 9.92. The van der Waals surface area contributed by atoms with Gasteiger partial charge in [0.05, 0.1) is 7.11 Å². The molecule has 0 heterocycles. The van der Waals surface area contributed by atoms with Crippen LogP contribution in [0.25, 0.3) is 0 Å². The number of methoxy groups -OCH3 is 1. The van der Waals surface area contributed by atoms with Gasteiger partial charge in [0, 0.05) is 5.56 Å². The van der Waals surface area contributed by atoms with Crippen LogP contribution in [0.3, 0.4) is 0 Å². The van der Waals surface area contributed by atoms with E-state index in [1.165, 1.54) is 0 Å². The minimum atomic E-state index is 0.254. The molecule has 0 aromatic heterocycles. The zero-order valence-electron chi connectivity index (χ0n) is 9.58. The molecule has 3 N–H and O–H groups in total. The molecule has 15 heavy (non-hydrogen) atoms. The van der Waals surface area contributed by atoms with Gasteiger partial charge in [-0.15, -0.1) is 0 Å². The van der Waals surface area contributed by atoms with Crippen molar-refractivity contribution in [3.05, 3.63) is 23.3 Å². The lowest BCUT2D eigenvalue weighted by Crippen LogP contribution is -2.05. The van der Waals surface area contributed by atoms with Crippen LogP contribution in [-0.2, 0) is 0 Å². The van der Waals surface area contributed by atoms with E-state index in [2.05, 4.69) is 6.92 Å². The Hall–Kier alpha value is -1.22. The van der Waals surface area contributed by atoms with Crippen molar-refractivity contribution >= 4 is 0 Å². The summed E-state index contributed by atoms with van der Waals surface area (Å²) in [7, 11) is 1.63. The lowest BCUT2D eigenvalue weighted by Gasteiger charge is -2.15. The first-order chi connectivity index (χ1) is 7.10. The van der Waals surface area contributed by atoms with E-state index in [4.69, 9.17) is 10.5 Å². The van der Waals surface area contributed by atoms with Crippen molar-refractivity contribution in [1.29, 1.82) is 0 Å². The third-order valence-corrected chi connectivity index (χ3v) is 2.67. The maximum Gasteiger partial charge on any atom is 0.122 e. The fourth-order valence-electron chi connectivity index (χ4n) is 1.67. The molecule has 0 saturated heterocycles. The van der Waals surface area contributed by atoms with E-state index in [-0.39, 0.29) is 5.92 Å². The fourth-order valence-corrected chi connectivity index (χ4v) is 1.67. The topological polar surface area (TPSA) is 55.5 Å². The molecule has 1 rings (SSSR count). The molecule has 1 aromatic rings. The molecule has 0 aliphatic heterocycles. The van der Waals surface area contributed by atoms with Gasteiger partial charge in [-0.25, -0.2) is 0 Å². The molecule has 1 atom stereocenters. The predicted molar refractivity (Wildman–Crippen MR) is 61.5 cm³/mol. The third kappa shape index (κ3) is 2.63. The van der Waals surface area contributed by atoms with Crippen molar-refractivity contribution < 1.29 is 9.84 Å². The number of hydrogen-bond acceptors (Lipinski definition) is 3. The summed E-state index contributed by atoms with van der Waals surface area (Å²) in [5.74, 6) is 1.39. The van der Waals surface area contributed by atoms with Gasteiger partial charge in [-0.3, -0.25) is 0 Å². The van der Waals surface area contributed by atoms with Crippen molar-refractivity contribution in [2.24, 2.45) is 5.73 Å². The number of benzene rings is 1. The van der Waals surface area contributed by atoms with E-state index in [1.54, 1.807) is 7.11 Å². The first-order valence-electron chi connectivity index (χ1n) is 5.17. The van der Waals surface area contributed by atoms with Crippen LogP contribution < -0.4 is 10.5 Å². The van der Waals surface area contributed by atoms with Crippen LogP contribution in [0.5, 0.6) is 11.5 Å². The Morgan fingerprint density at radius 3 is 2.67 bits per heavy atom. The molecule has 0 aliphatic carbocycles. The predicted octanol–water partition coefficient (Wildman–Crippen LogP) is 2.16. The van der Waals surface area contributed by atoms with E-state index < -0.39 is 0 Å². The van der Waals surface area contributed by atoms with Crippen LogP contribution in [0.2, 0.25) is 0 Å². The van der Waals surface area contributed by atoms with Gasteiger partial charge in [0.15, 0.2) is 0 Å². The molecule has 0 saturated carbocycles. The number of ether oxygens (including phenoxy) is 1. The van der Waals surface area contributed by atoms with E-state index in [0.717, 1.165) is 23.3 Å². The number of nitrogens with two attached hydrogens (primary N) is 1. The molecule has 0 radical (unpaired) electrons. The van der Waals surface area contributed by atoms with Gasteiger partial charge in [-0.2, -0.15) is 0 Å². The number of rotatable bonds is 4.